The lowest BCUT2D eigenvalue weighted by Gasteiger charge is -2.25. The van der Waals surface area contributed by atoms with Crippen LogP contribution in [0, 0.1) is 39.4 Å². The lowest BCUT2D eigenvalue weighted by atomic mass is 9.83. The average Bonchev–Trinajstić information content (AvgIpc) is 3.78. The third-order valence-corrected chi connectivity index (χ3v) is 9.11. The van der Waals surface area contributed by atoms with Crippen molar-refractivity contribution in [1.82, 2.24) is 9.47 Å². The number of aryl methyl sites for hydroxylation is 4. The predicted octanol–water partition coefficient (Wildman–Crippen LogP) is 7.79. The van der Waals surface area contributed by atoms with Crippen LogP contribution in [0.4, 0.5) is 4.39 Å². The summed E-state index contributed by atoms with van der Waals surface area (Å²) in [5, 5.41) is 9.90. The SMILES string of the molecule is Cc1cc(=O)n(C(CC(C)C)C(=O)C[C@@H](CC(=O)O)c2cc(-c3c(C)cc(C4CC4)cc3C)cc(C)c2F)cc1CCN(C)C.S. The van der Waals surface area contributed by atoms with E-state index >= 15 is 4.39 Å². The number of likely N-dealkylation sites (N-methyl/N-ethyl adjacent to an activating group) is 1. The molecule has 1 fully saturated rings. The van der Waals surface area contributed by atoms with Crippen LogP contribution in [0.2, 0.25) is 0 Å². The van der Waals surface area contributed by atoms with Gasteiger partial charge < -0.3 is 14.6 Å². The zero-order chi connectivity index (χ0) is 33.2. The molecule has 0 radical (unpaired) electrons. The summed E-state index contributed by atoms with van der Waals surface area (Å²) in [5.41, 5.74) is 7.60. The third-order valence-electron chi connectivity index (χ3n) is 9.11. The Kier molecular flexibility index (Phi) is 12.6. The summed E-state index contributed by atoms with van der Waals surface area (Å²) >= 11 is 0. The number of hydrogen-bond donors (Lipinski definition) is 1. The third kappa shape index (κ3) is 8.97. The van der Waals surface area contributed by atoms with Crippen molar-refractivity contribution < 1.29 is 19.1 Å². The molecule has 1 unspecified atom stereocenters. The minimum Gasteiger partial charge on any atom is -0.481 e. The minimum atomic E-state index is -1.10. The van der Waals surface area contributed by atoms with Gasteiger partial charge in [0.05, 0.1) is 12.5 Å². The standard InChI is InChI=1S/C38H49FN2O4.H2S/c1-22(2)13-33(41-21-28(11-12-40(7)8)23(3)17-35(41)43)34(42)19-30(20-36(44)45)32-18-31(16-26(6)38(32)39)37-24(4)14-29(15-25(37)5)27-9-10-27;/h14-18,21-22,27,30,33H,9-13,19-20H2,1-8H3,(H,44,45);1H2/t30-,33?;/m0./s1. The predicted molar refractivity (Wildman–Crippen MR) is 189 cm³/mol. The highest BCUT2D eigenvalue weighted by Crippen LogP contribution is 2.43. The summed E-state index contributed by atoms with van der Waals surface area (Å²) in [4.78, 5) is 41.6. The monoisotopic (exact) mass is 650 g/mol. The smallest absolute Gasteiger partial charge is 0.303 e. The van der Waals surface area contributed by atoms with Gasteiger partial charge in [0.2, 0.25) is 0 Å². The maximum Gasteiger partial charge on any atom is 0.303 e. The molecule has 2 aromatic carbocycles. The molecule has 1 aliphatic carbocycles. The van der Waals surface area contributed by atoms with Gasteiger partial charge in [0, 0.05) is 31.1 Å². The van der Waals surface area contributed by atoms with Crippen LogP contribution in [0.15, 0.2) is 41.3 Å². The van der Waals surface area contributed by atoms with Gasteiger partial charge in [-0.3, -0.25) is 14.4 Å². The van der Waals surface area contributed by atoms with Crippen LogP contribution >= 0.6 is 13.5 Å². The largest absolute Gasteiger partial charge is 0.481 e. The van der Waals surface area contributed by atoms with Crippen LogP contribution in [-0.4, -0.2) is 47.0 Å². The van der Waals surface area contributed by atoms with Gasteiger partial charge in [0.15, 0.2) is 5.78 Å². The van der Waals surface area contributed by atoms with E-state index in [2.05, 4.69) is 30.9 Å². The number of halogens is 1. The fraction of sp³-hybridized carbons (Fsp3) is 0.500. The Hall–Kier alpha value is -3.23. The molecule has 8 heteroatoms. The molecular weight excluding hydrogens is 599 g/mol. The summed E-state index contributed by atoms with van der Waals surface area (Å²) in [6.07, 6.45) is 4.76. The number of Topliss-reactive ketones (excluding diaryl/α,β-unsaturated/α-hetero) is 1. The zero-order valence-corrected chi connectivity index (χ0v) is 29.7. The first-order valence-electron chi connectivity index (χ1n) is 16.2. The van der Waals surface area contributed by atoms with E-state index in [9.17, 15) is 19.5 Å². The lowest BCUT2D eigenvalue weighted by Crippen LogP contribution is -2.32. The van der Waals surface area contributed by atoms with E-state index in [1.165, 1.54) is 23.0 Å². The molecule has 2 atom stereocenters. The number of pyridine rings is 1. The van der Waals surface area contributed by atoms with Gasteiger partial charge in [-0.15, -0.1) is 0 Å². The molecule has 0 bridgehead atoms. The normalized spacial score (nSPS) is 14.3. The van der Waals surface area contributed by atoms with E-state index in [1.807, 2.05) is 40.9 Å². The van der Waals surface area contributed by atoms with Crippen LogP contribution in [0.1, 0.15) is 103 Å². The number of aliphatic carboxylic acids is 1. The van der Waals surface area contributed by atoms with Crippen LogP contribution in [0.3, 0.4) is 0 Å². The molecular formula is C38H51FN2O4S. The maximum absolute atomic E-state index is 15.9. The molecule has 1 heterocycles. The number of carbonyl (C=O) groups excluding carboxylic acids is 1. The fourth-order valence-electron chi connectivity index (χ4n) is 6.61. The molecule has 6 nitrogen and oxygen atoms in total. The molecule has 4 rings (SSSR count). The highest BCUT2D eigenvalue weighted by molar-refractivity contribution is 7.59. The number of aromatic nitrogens is 1. The van der Waals surface area contributed by atoms with Crippen LogP contribution in [0.5, 0.6) is 0 Å². The van der Waals surface area contributed by atoms with Gasteiger partial charge in [-0.25, -0.2) is 4.39 Å². The summed E-state index contributed by atoms with van der Waals surface area (Å²) < 4.78 is 17.4. The molecule has 0 amide bonds. The fourth-order valence-corrected chi connectivity index (χ4v) is 6.61. The number of carboxylic acids is 1. The van der Waals surface area contributed by atoms with Gasteiger partial charge in [0.25, 0.3) is 5.56 Å². The van der Waals surface area contributed by atoms with Gasteiger partial charge in [-0.05, 0) is 142 Å². The van der Waals surface area contributed by atoms with Crippen LogP contribution in [-0.2, 0) is 16.0 Å². The minimum absolute atomic E-state index is 0. The molecule has 1 saturated carbocycles. The van der Waals surface area contributed by atoms with Gasteiger partial charge in [-0.1, -0.05) is 26.0 Å². The topological polar surface area (TPSA) is 79.6 Å². The van der Waals surface area contributed by atoms with Crippen molar-refractivity contribution in [2.24, 2.45) is 5.92 Å². The maximum atomic E-state index is 15.9. The average molecular weight is 651 g/mol. The molecule has 46 heavy (non-hydrogen) atoms. The Morgan fingerprint density at radius 3 is 2.13 bits per heavy atom. The molecule has 1 aliphatic rings. The van der Waals surface area contributed by atoms with E-state index in [0.29, 0.717) is 17.9 Å². The van der Waals surface area contributed by atoms with Gasteiger partial charge in [0.1, 0.15) is 5.82 Å². The Morgan fingerprint density at radius 2 is 1.59 bits per heavy atom. The number of nitrogens with zero attached hydrogens (tertiary/aromatic N) is 2. The molecule has 0 saturated heterocycles. The Labute approximate surface area is 280 Å². The summed E-state index contributed by atoms with van der Waals surface area (Å²) in [6.45, 7) is 12.5. The highest BCUT2D eigenvalue weighted by atomic mass is 32.1. The van der Waals surface area contributed by atoms with Crippen molar-refractivity contribution in [3.63, 3.8) is 0 Å². The first-order chi connectivity index (χ1) is 21.2. The van der Waals surface area contributed by atoms with Crippen molar-refractivity contribution in [2.45, 2.75) is 97.9 Å². The lowest BCUT2D eigenvalue weighted by molar-refractivity contribution is -0.137. The molecule has 0 spiro atoms. The molecule has 1 N–H and O–H groups in total. The number of benzene rings is 2. The molecule has 1 aromatic heterocycles. The Bertz CT molecular complexity index is 1620. The van der Waals surface area contributed by atoms with Gasteiger partial charge >= 0.3 is 5.97 Å². The van der Waals surface area contributed by atoms with Crippen LogP contribution in [0.25, 0.3) is 11.1 Å². The highest BCUT2D eigenvalue weighted by Gasteiger charge is 2.30. The van der Waals surface area contributed by atoms with E-state index < -0.39 is 30.2 Å². The van der Waals surface area contributed by atoms with E-state index in [4.69, 9.17) is 0 Å². The second-order valence-electron chi connectivity index (χ2n) is 13.9. The Balaban J connectivity index is 0.00000576. The van der Waals surface area contributed by atoms with Crippen molar-refractivity contribution >= 4 is 25.2 Å². The molecule has 250 valence electrons. The van der Waals surface area contributed by atoms with E-state index in [1.54, 1.807) is 25.3 Å². The molecule has 0 aliphatic heterocycles. The van der Waals surface area contributed by atoms with Crippen molar-refractivity contribution in [3.8, 4) is 11.1 Å². The second kappa shape index (κ2) is 15.6. The zero-order valence-electron chi connectivity index (χ0n) is 28.7. The number of carboxylic acid groups (broad SMARTS) is 1. The van der Waals surface area contributed by atoms with Crippen molar-refractivity contribution in [2.75, 3.05) is 20.6 Å². The first kappa shape index (κ1) is 37.2. The first-order valence-corrected chi connectivity index (χ1v) is 16.2. The van der Waals surface area contributed by atoms with E-state index in [-0.39, 0.29) is 42.7 Å². The second-order valence-corrected chi connectivity index (χ2v) is 13.9. The summed E-state index contributed by atoms with van der Waals surface area (Å²) in [6, 6.07) is 8.77. The van der Waals surface area contributed by atoms with Crippen molar-refractivity contribution in [3.05, 3.63) is 91.6 Å². The van der Waals surface area contributed by atoms with Gasteiger partial charge in [-0.2, -0.15) is 13.5 Å². The van der Waals surface area contributed by atoms with E-state index in [0.717, 1.165) is 46.3 Å². The number of ketones is 1. The van der Waals surface area contributed by atoms with Crippen LogP contribution < -0.4 is 5.56 Å². The number of rotatable bonds is 14. The number of carbonyl (C=O) groups is 2. The summed E-state index contributed by atoms with van der Waals surface area (Å²) in [5.74, 6) is -2.03. The summed E-state index contributed by atoms with van der Waals surface area (Å²) in [7, 11) is 3.97. The Morgan fingerprint density at radius 1 is 0.957 bits per heavy atom. The quantitative estimate of drug-likeness (QED) is 0.193. The molecule has 3 aromatic rings. The number of hydrogen-bond acceptors (Lipinski definition) is 4. The van der Waals surface area contributed by atoms with Crippen molar-refractivity contribution in [1.29, 1.82) is 0 Å².